The van der Waals surface area contributed by atoms with Crippen molar-refractivity contribution in [3.05, 3.63) is 141 Å². The summed E-state index contributed by atoms with van der Waals surface area (Å²) in [6, 6.07) is 28.8. The number of aromatic nitrogens is 5. The molecule has 308 valence electrons. The Kier molecular flexibility index (Phi) is 13.6. The number of hydrogen-bond donors (Lipinski definition) is 1. The predicted molar refractivity (Wildman–Crippen MR) is 234 cm³/mol. The zero-order valence-electron chi connectivity index (χ0n) is 34.2. The quantitative estimate of drug-likeness (QED) is 0.0587. The number of nitrogens with one attached hydrogen (secondary N) is 1. The Morgan fingerprint density at radius 2 is 1.54 bits per heavy atom. The highest BCUT2D eigenvalue weighted by molar-refractivity contribution is 6.99. The second kappa shape index (κ2) is 18.6. The van der Waals surface area contributed by atoms with Gasteiger partial charge in [-0.2, -0.15) is 4.98 Å². The van der Waals surface area contributed by atoms with E-state index in [4.69, 9.17) is 46.8 Å². The maximum Gasteiger partial charge on any atom is 0.358 e. The van der Waals surface area contributed by atoms with E-state index in [0.29, 0.717) is 52.3 Å². The Labute approximate surface area is 355 Å². The molecule has 3 aromatic heterocycles. The molecule has 12 nitrogen and oxygen atoms in total. The van der Waals surface area contributed by atoms with Crippen LogP contribution in [0, 0.1) is 0 Å². The number of halogens is 2. The topological polar surface area (TPSA) is 132 Å². The van der Waals surface area contributed by atoms with E-state index in [1.54, 1.807) is 38.4 Å². The van der Waals surface area contributed by atoms with E-state index in [9.17, 15) is 9.59 Å². The Morgan fingerprint density at radius 1 is 0.898 bits per heavy atom. The molecule has 0 aliphatic heterocycles. The van der Waals surface area contributed by atoms with Gasteiger partial charge < -0.3 is 33.1 Å². The van der Waals surface area contributed by atoms with Crippen LogP contribution in [0.4, 0.5) is 5.69 Å². The minimum Gasteiger partial charge on any atom is -0.480 e. The molecule has 6 rings (SSSR count). The first-order valence-corrected chi connectivity index (χ1v) is 21.8. The minimum atomic E-state index is -2.90. The van der Waals surface area contributed by atoms with Gasteiger partial charge in [0.25, 0.3) is 13.9 Å². The molecule has 3 aromatic carbocycles. The van der Waals surface area contributed by atoms with Crippen LogP contribution in [0.2, 0.25) is 15.1 Å². The number of methoxy groups -OCH3 is 2. The van der Waals surface area contributed by atoms with Gasteiger partial charge in [0.05, 0.1) is 43.1 Å². The highest BCUT2D eigenvalue weighted by Crippen LogP contribution is 2.39. The van der Waals surface area contributed by atoms with Crippen molar-refractivity contribution >= 4 is 53.5 Å². The van der Waals surface area contributed by atoms with E-state index in [1.165, 1.54) is 25.0 Å². The molecule has 0 saturated heterocycles. The molecular weight excluding hydrogens is 808 g/mol. The SMILES string of the molecule is CCOC(=O)c1nc(-c2cnc(OC)nc2OC)n(CCCO[Si](c2ccccc2)(c2ccccc2)C(C)(C)C)c1C(Nc1cc(Cl)cn(C)c1=O)c1ccc(Cl)cc1. The molecule has 15 heteroatoms. The van der Waals surface area contributed by atoms with Crippen LogP contribution in [0.25, 0.3) is 11.4 Å². The van der Waals surface area contributed by atoms with E-state index in [0.717, 1.165) is 10.4 Å². The zero-order chi connectivity index (χ0) is 42.3. The summed E-state index contributed by atoms with van der Waals surface area (Å²) in [5.41, 5.74) is 1.36. The van der Waals surface area contributed by atoms with Crippen LogP contribution in [0.3, 0.4) is 0 Å². The Hall–Kier alpha value is -5.47. The van der Waals surface area contributed by atoms with Crippen LogP contribution in [-0.4, -0.2) is 65.8 Å². The maximum atomic E-state index is 14.1. The average molecular weight is 856 g/mol. The summed E-state index contributed by atoms with van der Waals surface area (Å²) >= 11 is 12.9. The predicted octanol–water partition coefficient (Wildman–Crippen LogP) is 7.71. The Morgan fingerprint density at radius 3 is 2.12 bits per heavy atom. The van der Waals surface area contributed by atoms with Gasteiger partial charge >= 0.3 is 12.0 Å². The smallest absolute Gasteiger partial charge is 0.358 e. The second-order valence-corrected chi connectivity index (χ2v) is 20.0. The van der Waals surface area contributed by atoms with Crippen molar-refractivity contribution in [1.29, 1.82) is 0 Å². The molecule has 0 aliphatic rings. The number of anilines is 1. The summed E-state index contributed by atoms with van der Waals surface area (Å²) in [7, 11) is 1.65. The van der Waals surface area contributed by atoms with Gasteiger partial charge in [-0.05, 0) is 52.5 Å². The van der Waals surface area contributed by atoms with E-state index in [-0.39, 0.29) is 40.5 Å². The van der Waals surface area contributed by atoms with Crippen molar-refractivity contribution in [2.24, 2.45) is 7.05 Å². The van der Waals surface area contributed by atoms with Gasteiger partial charge in [-0.1, -0.05) is 117 Å². The lowest BCUT2D eigenvalue weighted by Crippen LogP contribution is -2.66. The van der Waals surface area contributed by atoms with Crippen molar-refractivity contribution in [3.8, 4) is 23.3 Å². The molecule has 1 atom stereocenters. The fourth-order valence-corrected chi connectivity index (χ4v) is 12.4. The number of imidazole rings is 1. The van der Waals surface area contributed by atoms with E-state index in [1.807, 2.05) is 28.8 Å². The number of hydrogen-bond acceptors (Lipinski definition) is 10. The van der Waals surface area contributed by atoms with Crippen LogP contribution in [0.15, 0.2) is 108 Å². The molecule has 0 bridgehead atoms. The summed E-state index contributed by atoms with van der Waals surface area (Å²) in [5.74, 6) is -0.166. The summed E-state index contributed by atoms with van der Waals surface area (Å²) in [4.78, 5) is 41.5. The van der Waals surface area contributed by atoms with Crippen molar-refractivity contribution in [1.82, 2.24) is 24.1 Å². The van der Waals surface area contributed by atoms with Gasteiger partial charge in [0.1, 0.15) is 11.5 Å². The van der Waals surface area contributed by atoms with Crippen molar-refractivity contribution in [2.75, 3.05) is 32.8 Å². The van der Waals surface area contributed by atoms with E-state index >= 15 is 0 Å². The van der Waals surface area contributed by atoms with Crippen LogP contribution in [0.1, 0.15) is 61.9 Å². The molecule has 0 spiro atoms. The highest BCUT2D eigenvalue weighted by atomic mass is 35.5. The highest BCUT2D eigenvalue weighted by Gasteiger charge is 2.50. The number of esters is 1. The summed E-state index contributed by atoms with van der Waals surface area (Å²) in [6.07, 6.45) is 3.55. The standard InChI is InChI=1S/C44H48Cl2N6O6Si/c1-8-57-42(54)37-38(36(29-20-22-30(45)23-21-29)48-35-26-31(46)28-51(5)41(35)53)52(39(49-37)34-27-47-43(56-7)50-40(34)55-6)24-15-25-58-59(44(2,3)4,32-16-11-9-12-17-32)33-18-13-10-14-19-33/h9-14,16-23,26-28,36,48H,8,15,24-25H2,1-7H3. The number of carbonyl (C=O) groups is 1. The molecule has 0 aliphatic carbocycles. The van der Waals surface area contributed by atoms with Crippen molar-refractivity contribution in [2.45, 2.75) is 51.7 Å². The molecule has 1 N–H and O–H groups in total. The van der Waals surface area contributed by atoms with Crippen LogP contribution in [-0.2, 0) is 22.8 Å². The molecule has 0 saturated carbocycles. The van der Waals surface area contributed by atoms with Gasteiger partial charge in [-0.25, -0.2) is 14.8 Å². The first-order valence-electron chi connectivity index (χ1n) is 19.2. The van der Waals surface area contributed by atoms with E-state index < -0.39 is 20.3 Å². The van der Waals surface area contributed by atoms with Gasteiger partial charge in [0.15, 0.2) is 5.69 Å². The summed E-state index contributed by atoms with van der Waals surface area (Å²) in [5, 5.41) is 6.31. The third-order valence-electron chi connectivity index (χ3n) is 10.0. The van der Waals surface area contributed by atoms with Gasteiger partial charge in [-0.15, -0.1) is 0 Å². The number of carbonyl (C=O) groups excluding carboxylic acids is 1. The summed E-state index contributed by atoms with van der Waals surface area (Å²) in [6.45, 7) is 9.16. The lowest BCUT2D eigenvalue weighted by Gasteiger charge is -2.43. The number of rotatable bonds is 16. The number of ether oxygens (including phenoxy) is 3. The number of benzene rings is 3. The fourth-order valence-electron chi connectivity index (χ4n) is 7.40. The maximum absolute atomic E-state index is 14.1. The molecule has 59 heavy (non-hydrogen) atoms. The van der Waals surface area contributed by atoms with Gasteiger partial charge in [0.2, 0.25) is 5.88 Å². The molecule has 0 fully saturated rings. The third kappa shape index (κ3) is 9.08. The Balaban J connectivity index is 1.55. The third-order valence-corrected chi connectivity index (χ3v) is 15.5. The monoisotopic (exact) mass is 854 g/mol. The number of aryl methyl sites for hydroxylation is 1. The number of nitrogens with zero attached hydrogens (tertiary/aromatic N) is 5. The van der Waals surface area contributed by atoms with Crippen LogP contribution < -0.4 is 30.7 Å². The minimum absolute atomic E-state index is 0.0129. The van der Waals surface area contributed by atoms with Gasteiger partial charge in [-0.3, -0.25) is 4.79 Å². The molecule has 0 radical (unpaired) electrons. The molecular formula is C44H48Cl2N6O6Si. The van der Waals surface area contributed by atoms with Crippen molar-refractivity contribution in [3.63, 3.8) is 0 Å². The summed E-state index contributed by atoms with van der Waals surface area (Å²) < 4.78 is 27.3. The fraction of sp³-hybridized carbons (Fsp3) is 0.295. The van der Waals surface area contributed by atoms with E-state index in [2.05, 4.69) is 84.6 Å². The van der Waals surface area contributed by atoms with Gasteiger partial charge in [0, 0.05) is 37.6 Å². The second-order valence-electron chi connectivity index (χ2n) is 14.8. The Bertz CT molecular complexity index is 2400. The molecule has 1 unspecified atom stereocenters. The average Bonchev–Trinajstić information content (AvgIpc) is 3.60. The zero-order valence-corrected chi connectivity index (χ0v) is 36.7. The first-order chi connectivity index (χ1) is 28.3. The number of pyridine rings is 1. The van der Waals surface area contributed by atoms with Crippen molar-refractivity contribution < 1.29 is 23.4 Å². The normalized spacial score (nSPS) is 12.2. The van der Waals surface area contributed by atoms with Crippen LogP contribution >= 0.6 is 23.2 Å². The molecule has 3 heterocycles. The first kappa shape index (κ1) is 43.1. The largest absolute Gasteiger partial charge is 0.480 e. The molecule has 0 amide bonds. The lowest BCUT2D eigenvalue weighted by atomic mass is 10.0. The molecule has 6 aromatic rings. The van der Waals surface area contributed by atoms with Crippen LogP contribution in [0.5, 0.6) is 11.9 Å². The lowest BCUT2D eigenvalue weighted by molar-refractivity contribution is 0.0518.